The van der Waals surface area contributed by atoms with Crippen LogP contribution >= 0.6 is 0 Å². The molecule has 3 atom stereocenters. The number of nitrogens with one attached hydrogen (secondary N) is 1. The Kier molecular flexibility index (Phi) is 5.67. The molecule has 3 aliphatic rings. The van der Waals surface area contributed by atoms with Crippen molar-refractivity contribution in [3.8, 4) is 5.75 Å². The molecule has 0 saturated carbocycles. The number of hydrogen-bond acceptors (Lipinski definition) is 8. The number of halogens is 1. The lowest BCUT2D eigenvalue weighted by Gasteiger charge is -2.45. The molecular formula is C24H27FN2O7. The number of anilines is 1. The number of carbonyl (C=O) groups is 3. The first-order valence-corrected chi connectivity index (χ1v) is 11.1. The molecule has 182 valence electrons. The zero-order valence-corrected chi connectivity index (χ0v) is 18.8. The summed E-state index contributed by atoms with van der Waals surface area (Å²) in [6.07, 6.45) is 0.290. The van der Waals surface area contributed by atoms with Crippen molar-refractivity contribution in [1.29, 1.82) is 0 Å². The Morgan fingerprint density at radius 2 is 1.94 bits per heavy atom. The molecule has 10 heteroatoms. The lowest BCUT2D eigenvalue weighted by atomic mass is 9.60. The van der Waals surface area contributed by atoms with Gasteiger partial charge in [0, 0.05) is 36.1 Å². The van der Waals surface area contributed by atoms with Gasteiger partial charge in [-0.1, -0.05) is 13.8 Å². The minimum absolute atomic E-state index is 0.0220. The first-order valence-electron chi connectivity index (χ1n) is 11.1. The summed E-state index contributed by atoms with van der Waals surface area (Å²) < 4.78 is 15.0. The van der Waals surface area contributed by atoms with Crippen LogP contribution in [0.25, 0.3) is 0 Å². The molecule has 0 fully saturated rings. The van der Waals surface area contributed by atoms with Crippen molar-refractivity contribution < 1.29 is 39.2 Å². The van der Waals surface area contributed by atoms with Crippen molar-refractivity contribution in [2.45, 2.75) is 45.1 Å². The first kappa shape index (κ1) is 23.7. The highest BCUT2D eigenvalue weighted by atomic mass is 19.1. The van der Waals surface area contributed by atoms with Gasteiger partial charge in [0.05, 0.1) is 11.3 Å². The second kappa shape index (κ2) is 8.12. The number of hydrogen-bond donors (Lipinski definition) is 6. The summed E-state index contributed by atoms with van der Waals surface area (Å²) in [4.78, 5) is 38.0. The minimum atomic E-state index is -2.64. The van der Waals surface area contributed by atoms with Gasteiger partial charge in [-0.05, 0) is 31.1 Å². The Labute approximate surface area is 194 Å². The van der Waals surface area contributed by atoms with Gasteiger partial charge in [-0.3, -0.25) is 14.4 Å². The number of phenolic OH excluding ortho intramolecular Hbond substituents is 1. The van der Waals surface area contributed by atoms with Gasteiger partial charge in [0.25, 0.3) is 5.91 Å². The van der Waals surface area contributed by atoms with Crippen LogP contribution < -0.4 is 11.1 Å². The van der Waals surface area contributed by atoms with Crippen LogP contribution in [0.4, 0.5) is 10.1 Å². The monoisotopic (exact) mass is 474 g/mol. The average molecular weight is 474 g/mol. The molecule has 4 rings (SSSR count). The van der Waals surface area contributed by atoms with E-state index in [1.807, 2.05) is 13.8 Å². The van der Waals surface area contributed by atoms with E-state index in [2.05, 4.69) is 5.32 Å². The van der Waals surface area contributed by atoms with Crippen molar-refractivity contribution in [3.63, 3.8) is 0 Å². The number of ketones is 2. The standard InChI is InChI=1S/C24H27FN2O7/c1-9(2)3-4-27-14-8-13(25)12-6-10-5-11-7-15(28)18(23(26)33)22(32)24(11,34)21(31)16(10)20(30)17(12)19(14)29/h8-11,27-29,31,34H,3-7H2,1-2H3,(H2,26,33)/t10?,11-,24-/m0/s1. The van der Waals surface area contributed by atoms with E-state index in [1.54, 1.807) is 0 Å². The summed E-state index contributed by atoms with van der Waals surface area (Å²) in [5.74, 6) is -7.70. The summed E-state index contributed by atoms with van der Waals surface area (Å²) in [5.41, 5.74) is 1.03. The molecule has 0 bridgehead atoms. The average Bonchev–Trinajstić information content (AvgIpc) is 2.73. The number of aromatic hydroxyl groups is 1. The fraction of sp³-hybridized carbons (Fsp3) is 0.458. The molecule has 9 nitrogen and oxygen atoms in total. The van der Waals surface area contributed by atoms with Gasteiger partial charge in [-0.25, -0.2) is 4.39 Å². The number of carbonyl (C=O) groups excluding carboxylic acids is 3. The van der Waals surface area contributed by atoms with E-state index in [9.17, 15) is 34.8 Å². The van der Waals surface area contributed by atoms with Crippen LogP contribution in [0.5, 0.6) is 5.75 Å². The number of phenols is 1. The van der Waals surface area contributed by atoms with E-state index in [-0.39, 0.29) is 41.6 Å². The number of primary amides is 1. The number of nitrogens with two attached hydrogens (primary N) is 1. The van der Waals surface area contributed by atoms with Crippen LogP contribution in [0.3, 0.4) is 0 Å². The largest absolute Gasteiger partial charge is 0.511 e. The summed E-state index contributed by atoms with van der Waals surface area (Å²) >= 11 is 0. The van der Waals surface area contributed by atoms with E-state index in [4.69, 9.17) is 5.73 Å². The molecular weight excluding hydrogens is 447 g/mol. The molecule has 0 aromatic heterocycles. The molecule has 0 radical (unpaired) electrons. The Morgan fingerprint density at radius 1 is 1.26 bits per heavy atom. The van der Waals surface area contributed by atoms with Gasteiger partial charge in [0.2, 0.25) is 5.78 Å². The van der Waals surface area contributed by atoms with Crippen LogP contribution in [0.1, 0.15) is 49.0 Å². The number of fused-ring (bicyclic) bond motifs is 3. The fourth-order valence-electron chi connectivity index (χ4n) is 5.27. The number of Topliss-reactive ketones (excluding diaryl/α,β-unsaturated/α-hetero) is 2. The zero-order valence-electron chi connectivity index (χ0n) is 18.8. The second-order valence-electron chi connectivity index (χ2n) is 9.63. The molecule has 1 unspecified atom stereocenters. The first-order chi connectivity index (χ1) is 15.9. The predicted molar refractivity (Wildman–Crippen MR) is 119 cm³/mol. The molecule has 0 heterocycles. The van der Waals surface area contributed by atoms with Crippen molar-refractivity contribution in [2.24, 2.45) is 23.5 Å². The number of amides is 1. The van der Waals surface area contributed by atoms with E-state index >= 15 is 4.39 Å². The number of allylic oxidation sites excluding steroid dienone is 2. The Balaban J connectivity index is 1.81. The number of rotatable bonds is 5. The molecule has 0 spiro atoms. The molecule has 7 N–H and O–H groups in total. The third-order valence-corrected chi connectivity index (χ3v) is 7.04. The highest BCUT2D eigenvalue weighted by Crippen LogP contribution is 2.52. The minimum Gasteiger partial charge on any atom is -0.511 e. The lowest BCUT2D eigenvalue weighted by molar-refractivity contribution is -0.144. The Morgan fingerprint density at radius 3 is 2.56 bits per heavy atom. The fourth-order valence-corrected chi connectivity index (χ4v) is 5.27. The zero-order chi connectivity index (χ0) is 25.1. The summed E-state index contributed by atoms with van der Waals surface area (Å²) in [5, 5.41) is 46.0. The molecule has 0 aliphatic heterocycles. The lowest BCUT2D eigenvalue weighted by Crippen LogP contribution is -2.57. The summed E-state index contributed by atoms with van der Waals surface area (Å²) in [7, 11) is 0. The van der Waals surface area contributed by atoms with E-state index in [0.717, 1.165) is 12.5 Å². The van der Waals surface area contributed by atoms with Crippen molar-refractivity contribution >= 4 is 23.2 Å². The highest BCUT2D eigenvalue weighted by Gasteiger charge is 2.59. The second-order valence-corrected chi connectivity index (χ2v) is 9.63. The predicted octanol–water partition coefficient (Wildman–Crippen LogP) is 2.18. The van der Waals surface area contributed by atoms with Crippen LogP contribution in [0.15, 0.2) is 28.7 Å². The van der Waals surface area contributed by atoms with Crippen molar-refractivity contribution in [3.05, 3.63) is 45.7 Å². The van der Waals surface area contributed by atoms with Gasteiger partial charge in [0.15, 0.2) is 11.4 Å². The van der Waals surface area contributed by atoms with Gasteiger partial charge < -0.3 is 31.5 Å². The molecule has 0 saturated heterocycles. The smallest absolute Gasteiger partial charge is 0.255 e. The topological polar surface area (TPSA) is 170 Å². The summed E-state index contributed by atoms with van der Waals surface area (Å²) in [6, 6.07) is 1.12. The van der Waals surface area contributed by atoms with Crippen molar-refractivity contribution in [2.75, 3.05) is 11.9 Å². The van der Waals surface area contributed by atoms with Gasteiger partial charge in [-0.15, -0.1) is 0 Å². The van der Waals surface area contributed by atoms with E-state index in [0.29, 0.717) is 12.5 Å². The quantitative estimate of drug-likeness (QED) is 0.278. The van der Waals surface area contributed by atoms with Crippen LogP contribution in [-0.4, -0.2) is 50.0 Å². The van der Waals surface area contributed by atoms with E-state index in [1.165, 1.54) is 0 Å². The third-order valence-electron chi connectivity index (χ3n) is 7.04. The summed E-state index contributed by atoms with van der Waals surface area (Å²) in [6.45, 7) is 4.43. The maximum absolute atomic E-state index is 15.0. The number of benzene rings is 1. The SMILES string of the molecule is CC(C)CCNc1cc(F)c2c(c1O)C(=O)C1=C(O)[C@]3(O)C(=O)C(C(N)=O)=C(O)C[C@@H]3CC1C2. The maximum atomic E-state index is 15.0. The maximum Gasteiger partial charge on any atom is 0.255 e. The molecule has 1 aromatic carbocycles. The normalized spacial score (nSPS) is 26.4. The van der Waals surface area contributed by atoms with Crippen LogP contribution in [0.2, 0.25) is 0 Å². The van der Waals surface area contributed by atoms with Crippen molar-refractivity contribution in [1.82, 2.24) is 0 Å². The van der Waals surface area contributed by atoms with E-state index < -0.39 is 63.6 Å². The number of aliphatic hydroxyl groups excluding tert-OH is 2. The Bertz CT molecular complexity index is 1190. The third kappa shape index (κ3) is 3.35. The molecule has 34 heavy (non-hydrogen) atoms. The Hall–Kier alpha value is -3.40. The van der Waals surface area contributed by atoms with Crippen LogP contribution in [0, 0.1) is 23.6 Å². The van der Waals surface area contributed by atoms with Gasteiger partial charge >= 0.3 is 0 Å². The van der Waals surface area contributed by atoms with Crippen LogP contribution in [-0.2, 0) is 16.0 Å². The highest BCUT2D eigenvalue weighted by molar-refractivity contribution is 6.24. The molecule has 1 amide bonds. The molecule has 3 aliphatic carbocycles. The number of aliphatic hydroxyl groups is 3. The molecule has 1 aromatic rings. The van der Waals surface area contributed by atoms with Gasteiger partial charge in [-0.2, -0.15) is 0 Å². The van der Waals surface area contributed by atoms with Gasteiger partial charge in [0.1, 0.15) is 28.7 Å².